The number of aromatic nitrogens is 3. The molecular formula is C20H24N6O2. The first-order chi connectivity index (χ1) is 13.4. The van der Waals surface area contributed by atoms with E-state index in [0.717, 1.165) is 28.2 Å². The van der Waals surface area contributed by atoms with Crippen LogP contribution in [0.3, 0.4) is 0 Å². The molecule has 8 heteroatoms. The number of aryl methyl sites for hydroxylation is 1. The summed E-state index contributed by atoms with van der Waals surface area (Å²) >= 11 is 0. The number of rotatable bonds is 7. The number of nitrogen functional groups attached to an aromatic ring is 1. The molecule has 3 aromatic rings. The van der Waals surface area contributed by atoms with Crippen LogP contribution >= 0.6 is 0 Å². The van der Waals surface area contributed by atoms with E-state index in [-0.39, 0.29) is 17.8 Å². The van der Waals surface area contributed by atoms with Crippen LogP contribution in [0.1, 0.15) is 15.9 Å². The highest BCUT2D eigenvalue weighted by Crippen LogP contribution is 2.19. The lowest BCUT2D eigenvalue weighted by molar-refractivity contribution is 0.0948. The maximum absolute atomic E-state index is 12.6. The number of nitrogens with two attached hydrogens (primary N) is 1. The Balaban J connectivity index is 1.66. The highest BCUT2D eigenvalue weighted by atomic mass is 16.5. The SMILES string of the molecule is Cc1ccc(C(=O)n2nc(Nc3ccc(OCCN(C)C)cc3)nc2N)cc1. The number of likely N-dealkylation sites (N-methyl/N-ethyl adjacent to an activating group) is 1. The molecule has 1 heterocycles. The van der Waals surface area contributed by atoms with Gasteiger partial charge in [-0.3, -0.25) is 4.79 Å². The maximum atomic E-state index is 12.6. The van der Waals surface area contributed by atoms with E-state index in [1.807, 2.05) is 57.4 Å². The van der Waals surface area contributed by atoms with Crippen LogP contribution in [0.15, 0.2) is 48.5 Å². The van der Waals surface area contributed by atoms with Crippen LogP contribution in [-0.4, -0.2) is 52.8 Å². The van der Waals surface area contributed by atoms with Gasteiger partial charge in [0.15, 0.2) is 0 Å². The van der Waals surface area contributed by atoms with Crippen LogP contribution in [0.25, 0.3) is 0 Å². The smallest absolute Gasteiger partial charge is 0.281 e. The Morgan fingerprint density at radius 1 is 1.14 bits per heavy atom. The molecule has 3 N–H and O–H groups in total. The summed E-state index contributed by atoms with van der Waals surface area (Å²) in [5, 5.41) is 7.22. The highest BCUT2D eigenvalue weighted by molar-refractivity contribution is 5.96. The molecule has 8 nitrogen and oxygen atoms in total. The van der Waals surface area contributed by atoms with Crippen molar-refractivity contribution in [1.29, 1.82) is 0 Å². The normalized spacial score (nSPS) is 10.9. The molecule has 0 aliphatic heterocycles. The van der Waals surface area contributed by atoms with E-state index in [9.17, 15) is 4.79 Å². The van der Waals surface area contributed by atoms with Gasteiger partial charge in [0.25, 0.3) is 5.91 Å². The summed E-state index contributed by atoms with van der Waals surface area (Å²) in [5.41, 5.74) is 8.20. The van der Waals surface area contributed by atoms with Gasteiger partial charge in [0.05, 0.1) is 0 Å². The van der Waals surface area contributed by atoms with Gasteiger partial charge in [-0.05, 0) is 57.4 Å². The third-order valence-corrected chi connectivity index (χ3v) is 4.04. The van der Waals surface area contributed by atoms with Gasteiger partial charge in [0, 0.05) is 17.8 Å². The molecule has 0 amide bonds. The Hall–Kier alpha value is -3.39. The zero-order valence-electron chi connectivity index (χ0n) is 16.2. The number of carbonyl (C=O) groups excluding carboxylic acids is 1. The Labute approximate surface area is 163 Å². The molecule has 0 radical (unpaired) electrons. The number of hydrogen-bond donors (Lipinski definition) is 2. The molecule has 1 aromatic heterocycles. The van der Waals surface area contributed by atoms with Gasteiger partial charge in [-0.15, -0.1) is 5.10 Å². The summed E-state index contributed by atoms with van der Waals surface area (Å²) in [6, 6.07) is 14.6. The van der Waals surface area contributed by atoms with Gasteiger partial charge in [0.2, 0.25) is 11.9 Å². The van der Waals surface area contributed by atoms with E-state index in [2.05, 4.69) is 20.3 Å². The molecule has 0 saturated heterocycles. The van der Waals surface area contributed by atoms with E-state index in [1.165, 1.54) is 0 Å². The monoisotopic (exact) mass is 380 g/mol. The minimum absolute atomic E-state index is 0.0247. The highest BCUT2D eigenvalue weighted by Gasteiger charge is 2.16. The quantitative estimate of drug-likeness (QED) is 0.650. The van der Waals surface area contributed by atoms with Crippen molar-refractivity contribution in [3.63, 3.8) is 0 Å². The zero-order valence-corrected chi connectivity index (χ0v) is 16.2. The molecule has 0 fully saturated rings. The van der Waals surface area contributed by atoms with Crippen LogP contribution in [0.4, 0.5) is 17.6 Å². The second kappa shape index (κ2) is 8.53. The molecule has 0 saturated carbocycles. The topological polar surface area (TPSA) is 98.3 Å². The van der Waals surface area contributed by atoms with E-state index in [4.69, 9.17) is 10.5 Å². The van der Waals surface area contributed by atoms with Gasteiger partial charge >= 0.3 is 0 Å². The van der Waals surface area contributed by atoms with Crippen LogP contribution in [0, 0.1) is 6.92 Å². The van der Waals surface area contributed by atoms with Crippen LogP contribution in [0.5, 0.6) is 5.75 Å². The molecule has 0 atom stereocenters. The largest absolute Gasteiger partial charge is 0.492 e. The number of nitrogens with one attached hydrogen (secondary N) is 1. The Bertz CT molecular complexity index is 932. The van der Waals surface area contributed by atoms with E-state index < -0.39 is 0 Å². The molecule has 28 heavy (non-hydrogen) atoms. The molecule has 0 bridgehead atoms. The predicted molar refractivity (Wildman–Crippen MR) is 109 cm³/mol. The molecule has 3 rings (SSSR count). The summed E-state index contributed by atoms with van der Waals surface area (Å²) in [6.45, 7) is 3.41. The lowest BCUT2D eigenvalue weighted by Crippen LogP contribution is -2.19. The standard InChI is InChI=1S/C20H24N6O2/c1-14-4-6-15(7-5-14)18(27)26-19(21)23-20(24-26)22-16-8-10-17(11-9-16)28-13-12-25(2)3/h4-11H,12-13H2,1-3H3,(H3,21,22,23,24). The molecule has 0 spiro atoms. The lowest BCUT2D eigenvalue weighted by atomic mass is 10.1. The maximum Gasteiger partial charge on any atom is 0.281 e. The molecule has 2 aromatic carbocycles. The van der Waals surface area contributed by atoms with E-state index in [1.54, 1.807) is 12.1 Å². The fraction of sp³-hybridized carbons (Fsp3) is 0.250. The Morgan fingerprint density at radius 2 is 1.82 bits per heavy atom. The molecule has 146 valence electrons. The third kappa shape index (κ3) is 4.86. The Kier molecular flexibility index (Phi) is 5.90. The minimum atomic E-state index is -0.331. The number of carbonyl (C=O) groups is 1. The Morgan fingerprint density at radius 3 is 2.46 bits per heavy atom. The third-order valence-electron chi connectivity index (χ3n) is 4.04. The number of nitrogens with zero attached hydrogens (tertiary/aromatic N) is 4. The van der Waals surface area contributed by atoms with Gasteiger partial charge in [-0.2, -0.15) is 9.67 Å². The number of hydrogen-bond acceptors (Lipinski definition) is 7. The molecular weight excluding hydrogens is 356 g/mol. The average Bonchev–Trinajstić information content (AvgIpc) is 3.03. The molecule has 0 aliphatic rings. The first-order valence-electron chi connectivity index (χ1n) is 8.91. The summed E-state index contributed by atoms with van der Waals surface area (Å²) in [5.74, 6) is 0.721. The lowest BCUT2D eigenvalue weighted by Gasteiger charge is -2.11. The van der Waals surface area contributed by atoms with E-state index in [0.29, 0.717) is 12.2 Å². The first kappa shape index (κ1) is 19.4. The van der Waals surface area contributed by atoms with Crippen LogP contribution in [-0.2, 0) is 0 Å². The van der Waals surface area contributed by atoms with Crippen molar-refractivity contribution in [2.24, 2.45) is 0 Å². The van der Waals surface area contributed by atoms with Crippen molar-refractivity contribution < 1.29 is 9.53 Å². The summed E-state index contributed by atoms with van der Waals surface area (Å²) in [6.07, 6.45) is 0. The second-order valence-corrected chi connectivity index (χ2v) is 6.68. The predicted octanol–water partition coefficient (Wildman–Crippen LogP) is 2.54. The van der Waals surface area contributed by atoms with Crippen LogP contribution in [0.2, 0.25) is 0 Å². The van der Waals surface area contributed by atoms with Gasteiger partial charge < -0.3 is 20.7 Å². The molecule has 0 unspecified atom stereocenters. The minimum Gasteiger partial charge on any atom is -0.492 e. The zero-order chi connectivity index (χ0) is 20.1. The first-order valence-corrected chi connectivity index (χ1v) is 8.91. The van der Waals surface area contributed by atoms with Crippen molar-refractivity contribution in [3.8, 4) is 5.75 Å². The van der Waals surface area contributed by atoms with Gasteiger partial charge in [-0.25, -0.2) is 0 Å². The average molecular weight is 380 g/mol. The van der Waals surface area contributed by atoms with E-state index >= 15 is 0 Å². The van der Waals surface area contributed by atoms with Gasteiger partial charge in [-0.1, -0.05) is 17.7 Å². The van der Waals surface area contributed by atoms with Crippen molar-refractivity contribution in [1.82, 2.24) is 19.7 Å². The second-order valence-electron chi connectivity index (χ2n) is 6.68. The fourth-order valence-corrected chi connectivity index (χ4v) is 2.45. The summed E-state index contributed by atoms with van der Waals surface area (Å²) < 4.78 is 6.75. The summed E-state index contributed by atoms with van der Waals surface area (Å²) in [7, 11) is 4.00. The summed E-state index contributed by atoms with van der Waals surface area (Å²) in [4.78, 5) is 18.7. The number of benzene rings is 2. The van der Waals surface area contributed by atoms with Crippen LogP contribution < -0.4 is 15.8 Å². The van der Waals surface area contributed by atoms with Crippen molar-refractivity contribution >= 4 is 23.5 Å². The number of anilines is 3. The fourth-order valence-electron chi connectivity index (χ4n) is 2.45. The number of ether oxygens (including phenoxy) is 1. The van der Waals surface area contributed by atoms with Gasteiger partial charge in [0.1, 0.15) is 12.4 Å². The van der Waals surface area contributed by atoms with Crippen molar-refractivity contribution in [2.45, 2.75) is 6.92 Å². The van der Waals surface area contributed by atoms with Crippen molar-refractivity contribution in [2.75, 3.05) is 38.3 Å². The molecule has 0 aliphatic carbocycles. The van der Waals surface area contributed by atoms with Crippen molar-refractivity contribution in [3.05, 3.63) is 59.7 Å².